The molecule has 0 amide bonds. The average Bonchev–Trinajstić information content (AvgIpc) is 2.93. The van der Waals surface area contributed by atoms with E-state index in [1.165, 1.54) is 17.0 Å². The second kappa shape index (κ2) is 12.8. The first-order valence-electron chi connectivity index (χ1n) is 12.4. The molecule has 0 aliphatic rings. The molecule has 0 spiro atoms. The molecule has 0 unspecified atom stereocenters. The third-order valence-corrected chi connectivity index (χ3v) is 7.36. The Morgan fingerprint density at radius 2 is 1.90 bits per heavy atom. The summed E-state index contributed by atoms with van der Waals surface area (Å²) in [5, 5.41) is 17.6. The summed E-state index contributed by atoms with van der Waals surface area (Å²) in [7, 11) is 0. The monoisotopic (exact) mass is 646 g/mol. The second-order valence-electron chi connectivity index (χ2n) is 8.90. The molecular weight excluding hydrogens is 623 g/mol. The van der Waals surface area contributed by atoms with E-state index in [1.807, 2.05) is 19.9 Å². The molecule has 208 valence electrons. The van der Waals surface area contributed by atoms with E-state index in [9.17, 15) is 14.9 Å². The number of halogens is 3. The van der Waals surface area contributed by atoms with Crippen LogP contribution >= 0.6 is 39.1 Å². The molecule has 4 rings (SSSR count). The minimum atomic E-state index is -0.560. The van der Waals surface area contributed by atoms with Crippen molar-refractivity contribution in [2.24, 2.45) is 5.10 Å². The molecule has 0 aliphatic heterocycles. The Balaban J connectivity index is 1.78. The van der Waals surface area contributed by atoms with Crippen LogP contribution in [0.5, 0.6) is 11.5 Å². The van der Waals surface area contributed by atoms with Gasteiger partial charge >= 0.3 is 5.69 Å². The zero-order chi connectivity index (χ0) is 29.0. The van der Waals surface area contributed by atoms with Gasteiger partial charge in [-0.05, 0) is 55.3 Å². The van der Waals surface area contributed by atoms with Crippen molar-refractivity contribution in [3.05, 3.63) is 100 Å². The van der Waals surface area contributed by atoms with Gasteiger partial charge in [0.1, 0.15) is 12.4 Å². The Bertz CT molecular complexity index is 1680. The number of ether oxygens (including phenoxy) is 2. The van der Waals surface area contributed by atoms with E-state index < -0.39 is 4.92 Å². The lowest BCUT2D eigenvalue weighted by Crippen LogP contribution is -2.23. The van der Waals surface area contributed by atoms with Crippen LogP contribution in [0.15, 0.2) is 62.9 Å². The Morgan fingerprint density at radius 3 is 2.58 bits per heavy atom. The SMILES string of the molecule is CCOc1cc(C=Nn2c([C@H](C)CC)nc3ccc(Br)cc3c2=O)cc([N+](=O)[O-])c1OCc1ccc(Cl)c(Cl)c1. The van der Waals surface area contributed by atoms with Gasteiger partial charge in [-0.1, -0.05) is 59.0 Å². The first-order chi connectivity index (χ1) is 19.1. The van der Waals surface area contributed by atoms with Gasteiger partial charge in [0.2, 0.25) is 5.75 Å². The van der Waals surface area contributed by atoms with E-state index in [0.717, 1.165) is 10.9 Å². The molecule has 1 atom stereocenters. The Labute approximate surface area is 248 Å². The van der Waals surface area contributed by atoms with E-state index in [1.54, 1.807) is 43.3 Å². The van der Waals surface area contributed by atoms with Gasteiger partial charge in [0.25, 0.3) is 5.56 Å². The van der Waals surface area contributed by atoms with Gasteiger partial charge in [-0.3, -0.25) is 14.9 Å². The summed E-state index contributed by atoms with van der Waals surface area (Å²) < 4.78 is 13.5. The molecule has 0 saturated heterocycles. The maximum Gasteiger partial charge on any atom is 0.315 e. The molecule has 40 heavy (non-hydrogen) atoms. The van der Waals surface area contributed by atoms with Crippen LogP contribution in [0.1, 0.15) is 50.1 Å². The molecule has 12 heteroatoms. The highest BCUT2D eigenvalue weighted by Gasteiger charge is 2.23. The van der Waals surface area contributed by atoms with Crippen molar-refractivity contribution < 1.29 is 14.4 Å². The van der Waals surface area contributed by atoms with Gasteiger partial charge in [0.05, 0.1) is 38.7 Å². The lowest BCUT2D eigenvalue weighted by atomic mass is 10.1. The molecule has 0 bridgehead atoms. The lowest BCUT2D eigenvalue weighted by molar-refractivity contribution is -0.386. The minimum Gasteiger partial charge on any atom is -0.490 e. The number of aromatic nitrogens is 2. The van der Waals surface area contributed by atoms with Crippen molar-refractivity contribution in [3.63, 3.8) is 0 Å². The van der Waals surface area contributed by atoms with Gasteiger partial charge in [0, 0.05) is 22.0 Å². The van der Waals surface area contributed by atoms with E-state index in [4.69, 9.17) is 32.7 Å². The summed E-state index contributed by atoms with van der Waals surface area (Å²) in [5.74, 6) is 0.543. The summed E-state index contributed by atoms with van der Waals surface area (Å²) in [5.41, 5.74) is 0.909. The van der Waals surface area contributed by atoms with Gasteiger partial charge < -0.3 is 9.47 Å². The number of nitro groups is 1. The number of hydrogen-bond acceptors (Lipinski definition) is 7. The topological polar surface area (TPSA) is 109 Å². The summed E-state index contributed by atoms with van der Waals surface area (Å²) in [6.45, 7) is 5.94. The minimum absolute atomic E-state index is 0.00276. The summed E-state index contributed by atoms with van der Waals surface area (Å²) in [4.78, 5) is 29.6. The van der Waals surface area contributed by atoms with Crippen molar-refractivity contribution in [1.82, 2.24) is 9.66 Å². The van der Waals surface area contributed by atoms with Crippen LogP contribution in [0.25, 0.3) is 10.9 Å². The largest absolute Gasteiger partial charge is 0.490 e. The van der Waals surface area contributed by atoms with Crippen molar-refractivity contribution in [2.45, 2.75) is 39.7 Å². The highest BCUT2D eigenvalue weighted by Crippen LogP contribution is 2.39. The van der Waals surface area contributed by atoms with Crippen molar-refractivity contribution in [2.75, 3.05) is 6.61 Å². The zero-order valence-corrected chi connectivity index (χ0v) is 25.0. The maximum atomic E-state index is 13.4. The van der Waals surface area contributed by atoms with Crippen molar-refractivity contribution >= 4 is 61.9 Å². The standard InChI is InChI=1S/C28H25BrCl2N4O5/c1-4-16(3)27-33-23-9-7-19(29)13-20(23)28(36)34(27)32-14-18-11-24(35(37)38)26(25(12-18)39-5-2)40-15-17-6-8-21(30)22(31)10-17/h6-14,16H,4-5,15H2,1-3H3/t16-/m1/s1. The third kappa shape index (κ3) is 6.46. The molecule has 9 nitrogen and oxygen atoms in total. The molecule has 4 aromatic rings. The van der Waals surface area contributed by atoms with Crippen LogP contribution in [0.2, 0.25) is 10.0 Å². The van der Waals surface area contributed by atoms with Crippen LogP contribution in [-0.2, 0) is 6.61 Å². The Morgan fingerprint density at radius 1 is 1.12 bits per heavy atom. The highest BCUT2D eigenvalue weighted by atomic mass is 79.9. The first-order valence-corrected chi connectivity index (χ1v) is 14.0. The number of nitrogens with zero attached hydrogens (tertiary/aromatic N) is 4. The highest BCUT2D eigenvalue weighted by molar-refractivity contribution is 9.10. The first kappa shape index (κ1) is 29.5. The van der Waals surface area contributed by atoms with Crippen molar-refractivity contribution in [3.8, 4) is 11.5 Å². The number of benzene rings is 3. The molecule has 0 saturated carbocycles. The zero-order valence-electron chi connectivity index (χ0n) is 21.9. The van der Waals surface area contributed by atoms with E-state index in [-0.39, 0.29) is 41.9 Å². The summed E-state index contributed by atoms with van der Waals surface area (Å²) >= 11 is 15.5. The molecule has 3 aromatic carbocycles. The lowest BCUT2D eigenvalue weighted by Gasteiger charge is -2.15. The molecular formula is C28H25BrCl2N4O5. The predicted molar refractivity (Wildman–Crippen MR) is 160 cm³/mol. The fourth-order valence-corrected chi connectivity index (χ4v) is 4.60. The van der Waals surface area contributed by atoms with Gasteiger partial charge in [-0.25, -0.2) is 4.98 Å². The van der Waals surface area contributed by atoms with Crippen LogP contribution < -0.4 is 15.0 Å². The quantitative estimate of drug-likeness (QED) is 0.0989. The number of hydrogen-bond donors (Lipinski definition) is 0. The molecule has 0 N–H and O–H groups in total. The number of fused-ring (bicyclic) bond motifs is 1. The van der Waals surface area contributed by atoms with E-state index in [2.05, 4.69) is 26.0 Å². The average molecular weight is 648 g/mol. The van der Waals surface area contributed by atoms with Gasteiger partial charge in [-0.2, -0.15) is 9.78 Å². The molecule has 0 radical (unpaired) electrons. The Hall–Kier alpha value is -3.47. The smallest absolute Gasteiger partial charge is 0.315 e. The van der Waals surface area contributed by atoms with Gasteiger partial charge in [-0.15, -0.1) is 0 Å². The third-order valence-electron chi connectivity index (χ3n) is 6.13. The summed E-state index contributed by atoms with van der Waals surface area (Å²) in [6.07, 6.45) is 2.10. The second-order valence-corrected chi connectivity index (χ2v) is 10.6. The summed E-state index contributed by atoms with van der Waals surface area (Å²) in [6, 6.07) is 13.1. The number of nitro benzene ring substituents is 1. The van der Waals surface area contributed by atoms with E-state index in [0.29, 0.717) is 37.9 Å². The molecule has 0 fully saturated rings. The predicted octanol–water partition coefficient (Wildman–Crippen LogP) is 7.75. The van der Waals surface area contributed by atoms with E-state index >= 15 is 0 Å². The fourth-order valence-electron chi connectivity index (χ4n) is 3.91. The molecule has 1 aromatic heterocycles. The molecule has 0 aliphatic carbocycles. The van der Waals surface area contributed by atoms with Crippen molar-refractivity contribution in [1.29, 1.82) is 0 Å². The van der Waals surface area contributed by atoms with Crippen LogP contribution in [-0.4, -0.2) is 27.4 Å². The molecule has 1 heterocycles. The fraction of sp³-hybridized carbons (Fsp3) is 0.250. The Kier molecular flexibility index (Phi) is 9.44. The maximum absolute atomic E-state index is 13.4. The normalized spacial score (nSPS) is 12.2. The van der Waals surface area contributed by atoms with Crippen LogP contribution in [0.3, 0.4) is 0 Å². The van der Waals surface area contributed by atoms with Gasteiger partial charge in [0.15, 0.2) is 5.75 Å². The van der Waals surface area contributed by atoms with Crippen LogP contribution in [0, 0.1) is 10.1 Å². The van der Waals surface area contributed by atoms with Crippen LogP contribution in [0.4, 0.5) is 5.69 Å². The number of rotatable bonds is 10.